The lowest BCUT2D eigenvalue weighted by Gasteiger charge is -1.99. The molecule has 5 nitrogen and oxygen atoms in total. The lowest BCUT2D eigenvalue weighted by atomic mass is 10.2. The Balaban J connectivity index is 1.90. The molecule has 0 bridgehead atoms. The summed E-state index contributed by atoms with van der Waals surface area (Å²) in [5, 5.41) is 11.2. The number of hydrogen-bond acceptors (Lipinski definition) is 3. The molecule has 0 atom stereocenters. The summed E-state index contributed by atoms with van der Waals surface area (Å²) in [4.78, 5) is 22.2. The van der Waals surface area contributed by atoms with Gasteiger partial charge in [0, 0.05) is 11.6 Å². The standard InChI is InChI=1S/C15H12FNO4/c16-12-4-2-1-3-10(12)5-8-14(18)17-9-11-6-7-13(21-11)15(19)20/h1-8H,9H2,(H,17,18)(H,19,20)/b8-5+. The minimum Gasteiger partial charge on any atom is -0.475 e. The highest BCUT2D eigenvalue weighted by Crippen LogP contribution is 2.09. The first kappa shape index (κ1) is 14.5. The number of hydrogen-bond donors (Lipinski definition) is 2. The molecular weight excluding hydrogens is 277 g/mol. The summed E-state index contributed by atoms with van der Waals surface area (Å²) in [6, 6.07) is 8.84. The number of carbonyl (C=O) groups excluding carboxylic acids is 1. The highest BCUT2D eigenvalue weighted by molar-refractivity contribution is 5.91. The van der Waals surface area contributed by atoms with Crippen LogP contribution < -0.4 is 5.32 Å². The van der Waals surface area contributed by atoms with E-state index in [2.05, 4.69) is 5.32 Å². The van der Waals surface area contributed by atoms with Crippen molar-refractivity contribution in [2.75, 3.05) is 0 Å². The van der Waals surface area contributed by atoms with E-state index in [9.17, 15) is 14.0 Å². The van der Waals surface area contributed by atoms with Gasteiger partial charge in [-0.1, -0.05) is 18.2 Å². The third kappa shape index (κ3) is 4.04. The van der Waals surface area contributed by atoms with Crippen LogP contribution >= 0.6 is 0 Å². The first-order valence-electron chi connectivity index (χ1n) is 6.08. The third-order valence-corrected chi connectivity index (χ3v) is 2.63. The minimum atomic E-state index is -1.17. The number of amides is 1. The predicted molar refractivity (Wildman–Crippen MR) is 72.9 cm³/mol. The maximum absolute atomic E-state index is 13.3. The summed E-state index contributed by atoms with van der Waals surface area (Å²) in [6.07, 6.45) is 2.55. The van der Waals surface area contributed by atoms with Gasteiger partial charge in [0.2, 0.25) is 11.7 Å². The highest BCUT2D eigenvalue weighted by atomic mass is 19.1. The van der Waals surface area contributed by atoms with Crippen LogP contribution in [0.25, 0.3) is 6.08 Å². The number of carbonyl (C=O) groups is 2. The second-order valence-corrected chi connectivity index (χ2v) is 4.14. The molecular formula is C15H12FNO4. The Bertz CT molecular complexity index is 690. The van der Waals surface area contributed by atoms with Gasteiger partial charge in [-0.2, -0.15) is 0 Å². The largest absolute Gasteiger partial charge is 0.475 e. The number of nitrogens with one attached hydrogen (secondary N) is 1. The van der Waals surface area contributed by atoms with Crippen molar-refractivity contribution in [3.63, 3.8) is 0 Å². The summed E-state index contributed by atoms with van der Waals surface area (Å²) in [5.41, 5.74) is 0.304. The van der Waals surface area contributed by atoms with Crippen LogP contribution in [0.2, 0.25) is 0 Å². The normalized spacial score (nSPS) is 10.7. The van der Waals surface area contributed by atoms with Crippen LogP contribution in [-0.4, -0.2) is 17.0 Å². The molecule has 0 radical (unpaired) electrons. The number of benzene rings is 1. The van der Waals surface area contributed by atoms with Gasteiger partial charge in [0.15, 0.2) is 0 Å². The van der Waals surface area contributed by atoms with Crippen LogP contribution in [0.3, 0.4) is 0 Å². The molecule has 1 aromatic carbocycles. The van der Waals surface area contributed by atoms with Crippen molar-refractivity contribution >= 4 is 18.0 Å². The minimum absolute atomic E-state index is 0.0493. The second-order valence-electron chi connectivity index (χ2n) is 4.14. The van der Waals surface area contributed by atoms with Gasteiger partial charge in [-0.3, -0.25) is 4.79 Å². The van der Waals surface area contributed by atoms with Crippen LogP contribution in [0.4, 0.5) is 4.39 Å². The first-order valence-corrected chi connectivity index (χ1v) is 6.08. The average molecular weight is 289 g/mol. The molecule has 0 fully saturated rings. The molecule has 1 aromatic heterocycles. The zero-order chi connectivity index (χ0) is 15.2. The molecule has 0 unspecified atom stereocenters. The van der Waals surface area contributed by atoms with E-state index in [0.717, 1.165) is 0 Å². The molecule has 2 rings (SSSR count). The van der Waals surface area contributed by atoms with Crippen molar-refractivity contribution in [1.29, 1.82) is 0 Å². The van der Waals surface area contributed by atoms with Gasteiger partial charge in [-0.15, -0.1) is 0 Å². The first-order chi connectivity index (χ1) is 10.1. The van der Waals surface area contributed by atoms with E-state index in [1.54, 1.807) is 18.2 Å². The highest BCUT2D eigenvalue weighted by Gasteiger charge is 2.09. The quantitative estimate of drug-likeness (QED) is 0.829. The number of aromatic carboxylic acids is 1. The molecule has 0 aliphatic heterocycles. The number of carboxylic acids is 1. The van der Waals surface area contributed by atoms with E-state index in [0.29, 0.717) is 11.3 Å². The van der Waals surface area contributed by atoms with Crippen molar-refractivity contribution in [2.45, 2.75) is 6.54 Å². The maximum Gasteiger partial charge on any atom is 0.371 e. The fraction of sp³-hybridized carbons (Fsp3) is 0.0667. The smallest absolute Gasteiger partial charge is 0.371 e. The van der Waals surface area contributed by atoms with Crippen molar-refractivity contribution in [3.05, 3.63) is 65.4 Å². The maximum atomic E-state index is 13.3. The zero-order valence-electron chi connectivity index (χ0n) is 10.9. The van der Waals surface area contributed by atoms with Crippen LogP contribution in [0, 0.1) is 5.82 Å². The van der Waals surface area contributed by atoms with Crippen LogP contribution in [-0.2, 0) is 11.3 Å². The fourth-order valence-corrected chi connectivity index (χ4v) is 1.60. The summed E-state index contributed by atoms with van der Waals surface area (Å²) >= 11 is 0. The Hall–Kier alpha value is -2.89. The number of rotatable bonds is 5. The summed E-state index contributed by atoms with van der Waals surface area (Å²) < 4.78 is 18.3. The van der Waals surface area contributed by atoms with Crippen molar-refractivity contribution in [3.8, 4) is 0 Å². The van der Waals surface area contributed by atoms with E-state index < -0.39 is 17.7 Å². The van der Waals surface area contributed by atoms with Gasteiger partial charge in [0.05, 0.1) is 6.54 Å². The molecule has 0 saturated carbocycles. The van der Waals surface area contributed by atoms with Gasteiger partial charge in [0.1, 0.15) is 11.6 Å². The molecule has 108 valence electrons. The monoisotopic (exact) mass is 289 g/mol. The van der Waals surface area contributed by atoms with Crippen molar-refractivity contribution < 1.29 is 23.5 Å². The molecule has 1 amide bonds. The molecule has 6 heteroatoms. The Kier molecular flexibility index (Phi) is 4.50. The lowest BCUT2D eigenvalue weighted by Crippen LogP contribution is -2.19. The molecule has 0 saturated heterocycles. The summed E-state index contributed by atoms with van der Waals surface area (Å²) in [7, 11) is 0. The molecule has 21 heavy (non-hydrogen) atoms. The van der Waals surface area contributed by atoms with Crippen molar-refractivity contribution in [1.82, 2.24) is 5.32 Å². The SMILES string of the molecule is O=C(/C=C/c1ccccc1F)NCc1ccc(C(=O)O)o1. The Morgan fingerprint density at radius 2 is 2.00 bits per heavy atom. The van der Waals surface area contributed by atoms with E-state index in [1.165, 1.54) is 30.4 Å². The van der Waals surface area contributed by atoms with E-state index in [1.807, 2.05) is 0 Å². The molecule has 1 heterocycles. The van der Waals surface area contributed by atoms with Crippen LogP contribution in [0.5, 0.6) is 0 Å². The fourth-order valence-electron chi connectivity index (χ4n) is 1.60. The van der Waals surface area contributed by atoms with E-state index in [-0.39, 0.29) is 12.3 Å². The Labute approximate surface area is 119 Å². The third-order valence-electron chi connectivity index (χ3n) is 2.63. The molecule has 0 spiro atoms. The second kappa shape index (κ2) is 6.51. The number of halogens is 1. The Morgan fingerprint density at radius 1 is 1.24 bits per heavy atom. The predicted octanol–water partition coefficient (Wildman–Crippen LogP) is 2.45. The zero-order valence-corrected chi connectivity index (χ0v) is 10.9. The molecule has 2 N–H and O–H groups in total. The summed E-state index contributed by atoms with van der Waals surface area (Å²) in [5.74, 6) is -1.90. The van der Waals surface area contributed by atoms with E-state index in [4.69, 9.17) is 9.52 Å². The van der Waals surface area contributed by atoms with Gasteiger partial charge < -0.3 is 14.8 Å². The van der Waals surface area contributed by atoms with Gasteiger partial charge >= 0.3 is 5.97 Å². The van der Waals surface area contributed by atoms with Gasteiger partial charge in [0.25, 0.3) is 0 Å². The molecule has 0 aliphatic rings. The Morgan fingerprint density at radius 3 is 2.67 bits per heavy atom. The summed E-state index contributed by atoms with van der Waals surface area (Å²) in [6.45, 7) is 0.0493. The number of furan rings is 1. The topological polar surface area (TPSA) is 79.5 Å². The lowest BCUT2D eigenvalue weighted by molar-refractivity contribution is -0.116. The van der Waals surface area contributed by atoms with Gasteiger partial charge in [-0.05, 0) is 24.3 Å². The average Bonchev–Trinajstić information content (AvgIpc) is 2.93. The van der Waals surface area contributed by atoms with Crippen LogP contribution in [0.15, 0.2) is 46.9 Å². The van der Waals surface area contributed by atoms with Gasteiger partial charge in [-0.25, -0.2) is 9.18 Å². The molecule has 0 aliphatic carbocycles. The number of carboxylic acid groups (broad SMARTS) is 1. The van der Waals surface area contributed by atoms with E-state index >= 15 is 0 Å². The molecule has 2 aromatic rings. The van der Waals surface area contributed by atoms with Crippen LogP contribution in [0.1, 0.15) is 21.9 Å². The van der Waals surface area contributed by atoms with Crippen molar-refractivity contribution in [2.24, 2.45) is 0 Å².